The van der Waals surface area contributed by atoms with Crippen molar-refractivity contribution in [3.05, 3.63) is 54.7 Å². The van der Waals surface area contributed by atoms with E-state index in [1.54, 1.807) is 18.6 Å². The fourth-order valence-corrected chi connectivity index (χ4v) is 5.23. The number of nitrogens with two attached hydrogens (primary N) is 1. The summed E-state index contributed by atoms with van der Waals surface area (Å²) in [5, 5.41) is 21.7. The Bertz CT molecular complexity index is 1360. The lowest BCUT2D eigenvalue weighted by Gasteiger charge is -2.35. The molecule has 180 valence electrons. The minimum Gasteiger partial charge on any atom is -0.387 e. The number of benzene rings is 1. The van der Waals surface area contributed by atoms with Crippen LogP contribution in [0.25, 0.3) is 32.6 Å². The summed E-state index contributed by atoms with van der Waals surface area (Å²) in [6, 6.07) is 8.96. The Kier molecular flexibility index (Phi) is 6.15. The molecule has 3 aromatic heterocycles. The van der Waals surface area contributed by atoms with E-state index in [2.05, 4.69) is 19.9 Å². The summed E-state index contributed by atoms with van der Waals surface area (Å²) in [5.74, 6) is 0.152. The Morgan fingerprint density at radius 1 is 1.26 bits per heavy atom. The van der Waals surface area contributed by atoms with Gasteiger partial charge in [0.2, 0.25) is 0 Å². The van der Waals surface area contributed by atoms with E-state index in [9.17, 15) is 15.0 Å². The van der Waals surface area contributed by atoms with Gasteiger partial charge in [0.1, 0.15) is 6.10 Å². The van der Waals surface area contributed by atoms with Crippen molar-refractivity contribution in [3.63, 3.8) is 0 Å². The van der Waals surface area contributed by atoms with Gasteiger partial charge in [0.15, 0.2) is 16.6 Å². The maximum absolute atomic E-state index is 11.9. The van der Waals surface area contributed by atoms with Crippen molar-refractivity contribution in [2.75, 3.05) is 24.7 Å². The van der Waals surface area contributed by atoms with Gasteiger partial charge in [-0.3, -0.25) is 9.88 Å². The predicted molar refractivity (Wildman–Crippen MR) is 132 cm³/mol. The lowest BCUT2D eigenvalue weighted by Crippen LogP contribution is -2.48. The normalized spacial score (nSPS) is 20.1. The zero-order valence-corrected chi connectivity index (χ0v) is 19.8. The summed E-state index contributed by atoms with van der Waals surface area (Å²) in [4.78, 5) is 31.3. The van der Waals surface area contributed by atoms with Crippen LogP contribution in [0.1, 0.15) is 19.2 Å². The summed E-state index contributed by atoms with van der Waals surface area (Å²) < 4.78 is 6.09. The molecule has 2 amide bonds. The molecule has 1 fully saturated rings. The van der Waals surface area contributed by atoms with E-state index in [0.29, 0.717) is 29.4 Å². The van der Waals surface area contributed by atoms with Crippen LogP contribution in [0.3, 0.4) is 0 Å². The van der Waals surface area contributed by atoms with Gasteiger partial charge in [0.05, 0.1) is 22.5 Å². The Labute approximate surface area is 205 Å². The molecule has 1 aliphatic heterocycles. The summed E-state index contributed by atoms with van der Waals surface area (Å²) in [6.07, 6.45) is 4.05. The third-order valence-corrected chi connectivity index (χ3v) is 7.19. The number of nitrogens with zero attached hydrogens (tertiary/aromatic N) is 5. The fraction of sp³-hybridized carbons (Fsp3) is 0.292. The van der Waals surface area contributed by atoms with Crippen LogP contribution in [0, 0.1) is 0 Å². The fourth-order valence-electron chi connectivity index (χ4n) is 4.09. The summed E-state index contributed by atoms with van der Waals surface area (Å²) in [6.45, 7) is 2.58. The maximum Gasteiger partial charge on any atom is 0.321 e. The molecule has 4 aromatic rings. The van der Waals surface area contributed by atoms with Gasteiger partial charge in [-0.15, -0.1) is 0 Å². The van der Waals surface area contributed by atoms with Crippen molar-refractivity contribution >= 4 is 32.7 Å². The lowest BCUT2D eigenvalue weighted by atomic mass is 9.90. The van der Waals surface area contributed by atoms with E-state index in [1.165, 1.54) is 16.2 Å². The molecule has 4 N–H and O–H groups in total. The molecule has 1 saturated heterocycles. The second-order valence-corrected chi connectivity index (χ2v) is 9.20. The van der Waals surface area contributed by atoms with Crippen LogP contribution in [0.5, 0.6) is 0 Å². The largest absolute Gasteiger partial charge is 0.387 e. The quantitative estimate of drug-likeness (QED) is 0.385. The van der Waals surface area contributed by atoms with Crippen LogP contribution < -0.4 is 10.6 Å². The first-order valence-corrected chi connectivity index (χ1v) is 12.0. The number of hydrogen-bond acceptors (Lipinski definition) is 9. The molecule has 35 heavy (non-hydrogen) atoms. The number of anilines is 1. The zero-order valence-electron chi connectivity index (χ0n) is 19.0. The molecule has 0 radical (unpaired) electrons. The smallest absolute Gasteiger partial charge is 0.321 e. The molecule has 1 aromatic carbocycles. The first-order valence-electron chi connectivity index (χ1n) is 11.1. The van der Waals surface area contributed by atoms with Crippen molar-refractivity contribution in [1.82, 2.24) is 19.9 Å². The van der Waals surface area contributed by atoms with Crippen molar-refractivity contribution in [2.45, 2.75) is 25.0 Å². The molecule has 0 spiro atoms. The Balaban J connectivity index is 1.61. The minimum absolute atomic E-state index is 0.0257. The molecule has 4 heterocycles. The molecule has 0 bridgehead atoms. The number of urea groups is 1. The summed E-state index contributed by atoms with van der Waals surface area (Å²) in [7, 11) is 0. The van der Waals surface area contributed by atoms with Gasteiger partial charge in [-0.1, -0.05) is 17.4 Å². The monoisotopic (exact) mass is 492 g/mol. The van der Waals surface area contributed by atoms with Gasteiger partial charge in [-0.2, -0.15) is 0 Å². The Morgan fingerprint density at radius 2 is 2.06 bits per heavy atom. The number of aliphatic hydroxyl groups excluding tert-OH is 1. The Morgan fingerprint density at radius 3 is 2.71 bits per heavy atom. The zero-order chi connectivity index (χ0) is 24.6. The van der Waals surface area contributed by atoms with Crippen LogP contribution in [0.15, 0.2) is 48.9 Å². The third kappa shape index (κ3) is 4.23. The number of fused-ring (bicyclic) bond motifs is 1. The molecule has 10 nitrogen and oxygen atoms in total. The molecule has 1 aliphatic rings. The third-order valence-electron chi connectivity index (χ3n) is 6.06. The average molecular weight is 493 g/mol. The van der Waals surface area contributed by atoms with Gasteiger partial charge in [-0.05, 0) is 36.8 Å². The van der Waals surface area contributed by atoms with Crippen molar-refractivity contribution in [1.29, 1.82) is 0 Å². The molecule has 0 aliphatic carbocycles. The molecule has 11 heteroatoms. The number of thiazole rings is 1. The Hall–Kier alpha value is -3.51. The minimum atomic E-state index is -1.55. The van der Waals surface area contributed by atoms with E-state index in [4.69, 9.17) is 10.5 Å². The van der Waals surface area contributed by atoms with Gasteiger partial charge < -0.3 is 20.7 Å². The van der Waals surface area contributed by atoms with Crippen LogP contribution in [-0.4, -0.2) is 62.0 Å². The van der Waals surface area contributed by atoms with Crippen molar-refractivity contribution in [3.8, 4) is 22.4 Å². The maximum atomic E-state index is 11.9. The van der Waals surface area contributed by atoms with Gasteiger partial charge in [0, 0.05) is 49.3 Å². The number of amides is 2. The van der Waals surface area contributed by atoms with Crippen molar-refractivity contribution < 1.29 is 19.7 Å². The lowest BCUT2D eigenvalue weighted by molar-refractivity contribution is -0.162. The molecule has 0 saturated carbocycles. The van der Waals surface area contributed by atoms with E-state index in [-0.39, 0.29) is 18.9 Å². The summed E-state index contributed by atoms with van der Waals surface area (Å²) >= 11 is 1.37. The number of aliphatic hydroxyl groups is 2. The molecular weight excluding hydrogens is 468 g/mol. The van der Waals surface area contributed by atoms with E-state index < -0.39 is 17.7 Å². The van der Waals surface area contributed by atoms with Gasteiger partial charge >= 0.3 is 6.03 Å². The first kappa shape index (κ1) is 23.2. The van der Waals surface area contributed by atoms with Gasteiger partial charge in [-0.25, -0.2) is 19.7 Å². The predicted octanol–water partition coefficient (Wildman–Crippen LogP) is 2.69. The van der Waals surface area contributed by atoms with E-state index in [1.807, 2.05) is 37.3 Å². The number of primary amides is 1. The number of carbonyl (C=O) groups excluding carboxylic acids is 1. The number of carbonyl (C=O) groups is 1. The van der Waals surface area contributed by atoms with Crippen molar-refractivity contribution in [2.24, 2.45) is 5.73 Å². The van der Waals surface area contributed by atoms with E-state index in [0.717, 1.165) is 21.5 Å². The van der Waals surface area contributed by atoms with Crippen LogP contribution in [0.4, 0.5) is 9.93 Å². The topological polar surface area (TPSA) is 148 Å². The molecule has 2 atom stereocenters. The van der Waals surface area contributed by atoms with Gasteiger partial charge in [0.25, 0.3) is 0 Å². The highest BCUT2D eigenvalue weighted by Crippen LogP contribution is 2.39. The highest BCUT2D eigenvalue weighted by molar-refractivity contribution is 7.23. The second kappa shape index (κ2) is 9.27. The SMILES string of the molecule is CCN(C(N)=O)c1nc2cc(-c3cnc([C@@]4(O)CCOC[C@H]4O)nc3)cc(-c3ccccn3)c2s1. The van der Waals surface area contributed by atoms with Crippen LogP contribution >= 0.6 is 11.3 Å². The second-order valence-electron chi connectivity index (χ2n) is 8.23. The molecule has 5 rings (SSSR count). The van der Waals surface area contributed by atoms with Crippen LogP contribution in [0.2, 0.25) is 0 Å². The van der Waals surface area contributed by atoms with Crippen LogP contribution in [-0.2, 0) is 10.3 Å². The average Bonchev–Trinajstić information content (AvgIpc) is 3.29. The highest BCUT2D eigenvalue weighted by atomic mass is 32.1. The van der Waals surface area contributed by atoms with E-state index >= 15 is 0 Å². The number of rotatable bonds is 5. The number of hydrogen-bond donors (Lipinski definition) is 3. The standard InChI is InChI=1S/C24H24N6O4S/c1-2-30(22(25)32)23-29-18-10-14(9-16(20(18)35-23)17-5-3-4-7-26-17)15-11-27-21(28-12-15)24(33)6-8-34-13-19(24)31/h3-5,7,9-12,19,31,33H,2,6,8,13H2,1H3,(H2,25,32)/t19-,24-/m1/s1. The summed E-state index contributed by atoms with van der Waals surface area (Å²) in [5.41, 5.74) is 7.79. The molecular formula is C24H24N6O4S. The number of aromatic nitrogens is 4. The number of ether oxygens (including phenoxy) is 1. The molecule has 0 unspecified atom stereocenters. The first-order chi connectivity index (χ1) is 16.9. The number of pyridine rings is 1. The highest BCUT2D eigenvalue weighted by Gasteiger charge is 2.42.